The summed E-state index contributed by atoms with van der Waals surface area (Å²) in [7, 11) is -3.88. The molecule has 0 aliphatic heterocycles. The molecule has 4 rings (SSSR count). The van der Waals surface area contributed by atoms with Crippen molar-refractivity contribution in [3.63, 3.8) is 0 Å². The van der Waals surface area contributed by atoms with E-state index in [9.17, 15) is 13.2 Å². The summed E-state index contributed by atoms with van der Waals surface area (Å²) < 4.78 is 33.9. The summed E-state index contributed by atoms with van der Waals surface area (Å²) in [5.41, 5.74) is 1.14. The van der Waals surface area contributed by atoms with Gasteiger partial charge in [0.1, 0.15) is 0 Å². The van der Waals surface area contributed by atoms with E-state index < -0.39 is 15.9 Å². The maximum Gasteiger partial charge on any atom is 0.322 e. The number of nitrogens with zero attached hydrogens (tertiary/aromatic N) is 2. The van der Waals surface area contributed by atoms with Crippen molar-refractivity contribution in [3.8, 4) is 10.8 Å². The predicted octanol–water partition coefficient (Wildman–Crippen LogP) is 4.81. The number of thiophene rings is 1. The van der Waals surface area contributed by atoms with E-state index >= 15 is 0 Å². The van der Waals surface area contributed by atoms with Gasteiger partial charge in [0.15, 0.2) is 0 Å². The largest absolute Gasteiger partial charge is 0.402 e. The lowest BCUT2D eigenvalue weighted by molar-refractivity contribution is 0.102. The second-order valence-electron chi connectivity index (χ2n) is 6.43. The third kappa shape index (κ3) is 4.76. The molecule has 0 spiro atoms. The quantitative estimate of drug-likeness (QED) is 0.414. The van der Waals surface area contributed by atoms with E-state index in [0.29, 0.717) is 9.21 Å². The van der Waals surface area contributed by atoms with Crippen molar-refractivity contribution in [1.82, 2.24) is 10.2 Å². The summed E-state index contributed by atoms with van der Waals surface area (Å²) >= 11 is 7.16. The minimum atomic E-state index is -3.88. The first kappa shape index (κ1) is 21.0. The van der Waals surface area contributed by atoms with Gasteiger partial charge >= 0.3 is 6.01 Å². The van der Waals surface area contributed by atoms with Gasteiger partial charge in [0.05, 0.1) is 25.4 Å². The molecule has 0 saturated carbocycles. The highest BCUT2D eigenvalue weighted by molar-refractivity contribution is 7.92. The monoisotopic (exact) mass is 474 g/mol. The highest BCUT2D eigenvalue weighted by Gasteiger charge is 2.20. The Balaban J connectivity index is 1.55. The van der Waals surface area contributed by atoms with Crippen LogP contribution in [0.1, 0.15) is 15.9 Å². The third-order valence-electron chi connectivity index (χ3n) is 4.18. The molecule has 2 heterocycles. The third-order valence-corrected chi connectivity index (χ3v) is 6.78. The van der Waals surface area contributed by atoms with Gasteiger partial charge in [-0.3, -0.25) is 14.8 Å². The standard InChI is InChI=1S/C20H15ClN4O4S2/c1-12-6-8-13(9-7-12)31(27,28)25-15-5-3-2-4-14(15)18(26)22-20-24-23-19(29-20)16-10-11-17(21)30-16/h2-11,25H,1H3,(H,22,24,26). The van der Waals surface area contributed by atoms with E-state index in [4.69, 9.17) is 16.0 Å². The molecule has 31 heavy (non-hydrogen) atoms. The Bertz CT molecular complexity index is 1350. The number of halogens is 1. The lowest BCUT2D eigenvalue weighted by atomic mass is 10.2. The van der Waals surface area contributed by atoms with Crippen molar-refractivity contribution >= 4 is 50.6 Å². The summed E-state index contributed by atoms with van der Waals surface area (Å²) in [6.45, 7) is 1.86. The Kier molecular flexibility index (Phi) is 5.77. The van der Waals surface area contributed by atoms with E-state index in [-0.39, 0.29) is 28.1 Å². The zero-order chi connectivity index (χ0) is 22.0. The smallest absolute Gasteiger partial charge is 0.322 e. The van der Waals surface area contributed by atoms with E-state index in [2.05, 4.69) is 20.2 Å². The zero-order valence-corrected chi connectivity index (χ0v) is 18.4. The van der Waals surface area contributed by atoms with Crippen LogP contribution >= 0.6 is 22.9 Å². The number of carbonyl (C=O) groups excluding carboxylic acids is 1. The predicted molar refractivity (Wildman–Crippen MR) is 119 cm³/mol. The molecule has 1 amide bonds. The molecular formula is C20H15ClN4O4S2. The number of aromatic nitrogens is 2. The molecule has 8 nitrogen and oxygen atoms in total. The van der Waals surface area contributed by atoms with Crippen molar-refractivity contribution < 1.29 is 17.6 Å². The summed E-state index contributed by atoms with van der Waals surface area (Å²) in [6.07, 6.45) is 0. The molecule has 0 aliphatic carbocycles. The molecule has 0 radical (unpaired) electrons. The fourth-order valence-electron chi connectivity index (χ4n) is 2.66. The first-order valence-corrected chi connectivity index (χ1v) is 11.6. The first-order valence-electron chi connectivity index (χ1n) is 8.91. The maximum atomic E-state index is 12.8. The Morgan fingerprint density at radius 3 is 2.48 bits per heavy atom. The van der Waals surface area contributed by atoms with Gasteiger partial charge in [-0.2, -0.15) is 0 Å². The average Bonchev–Trinajstić information content (AvgIpc) is 3.37. The minimum absolute atomic E-state index is 0.0875. The number of hydrogen-bond acceptors (Lipinski definition) is 7. The van der Waals surface area contributed by atoms with Crippen LogP contribution in [0.5, 0.6) is 0 Å². The van der Waals surface area contributed by atoms with Gasteiger partial charge in [-0.25, -0.2) is 8.42 Å². The fraction of sp³-hybridized carbons (Fsp3) is 0.0500. The molecule has 0 aliphatic rings. The van der Waals surface area contributed by atoms with Gasteiger partial charge in [0, 0.05) is 0 Å². The molecule has 0 unspecified atom stereocenters. The Labute approximate surface area is 187 Å². The van der Waals surface area contributed by atoms with Gasteiger partial charge < -0.3 is 4.42 Å². The van der Waals surface area contributed by atoms with Gasteiger partial charge in [0.25, 0.3) is 21.8 Å². The molecule has 2 N–H and O–H groups in total. The molecule has 158 valence electrons. The van der Waals surface area contributed by atoms with Crippen LogP contribution in [0.4, 0.5) is 11.7 Å². The highest BCUT2D eigenvalue weighted by Crippen LogP contribution is 2.31. The number of amides is 1. The van der Waals surface area contributed by atoms with Crippen LogP contribution in [0, 0.1) is 6.92 Å². The lowest BCUT2D eigenvalue weighted by Gasteiger charge is -2.12. The van der Waals surface area contributed by atoms with Crippen molar-refractivity contribution in [2.45, 2.75) is 11.8 Å². The molecule has 2 aromatic carbocycles. The molecule has 0 fully saturated rings. The van der Waals surface area contributed by atoms with Crippen LogP contribution in [-0.2, 0) is 10.0 Å². The highest BCUT2D eigenvalue weighted by atomic mass is 35.5. The number of para-hydroxylation sites is 1. The van der Waals surface area contributed by atoms with Crippen molar-refractivity contribution in [3.05, 3.63) is 76.1 Å². The van der Waals surface area contributed by atoms with Crippen molar-refractivity contribution in [2.75, 3.05) is 10.0 Å². The van der Waals surface area contributed by atoms with Crippen LogP contribution in [0.2, 0.25) is 4.34 Å². The second-order valence-corrected chi connectivity index (χ2v) is 9.83. The van der Waals surface area contributed by atoms with E-state index in [1.807, 2.05) is 6.92 Å². The van der Waals surface area contributed by atoms with E-state index in [1.165, 1.54) is 35.6 Å². The fourth-order valence-corrected chi connectivity index (χ4v) is 4.70. The maximum absolute atomic E-state index is 12.8. The Morgan fingerprint density at radius 2 is 1.77 bits per heavy atom. The molecule has 11 heteroatoms. The van der Waals surface area contributed by atoms with Gasteiger partial charge in [-0.05, 0) is 43.3 Å². The number of hydrogen-bond donors (Lipinski definition) is 2. The van der Waals surface area contributed by atoms with Gasteiger partial charge in [0.2, 0.25) is 0 Å². The Hall–Kier alpha value is -3.21. The second kappa shape index (κ2) is 8.50. The number of carbonyl (C=O) groups is 1. The minimum Gasteiger partial charge on any atom is -0.402 e. The van der Waals surface area contributed by atoms with Gasteiger partial charge in [-0.1, -0.05) is 46.5 Å². The van der Waals surface area contributed by atoms with Crippen LogP contribution in [0.3, 0.4) is 0 Å². The summed E-state index contributed by atoms with van der Waals surface area (Å²) in [6, 6.07) is 15.9. The van der Waals surface area contributed by atoms with E-state index in [0.717, 1.165) is 5.56 Å². The SMILES string of the molecule is Cc1ccc(S(=O)(=O)Nc2ccccc2C(=O)Nc2nnc(-c3ccc(Cl)s3)o2)cc1. The van der Waals surface area contributed by atoms with Crippen LogP contribution in [-0.4, -0.2) is 24.5 Å². The van der Waals surface area contributed by atoms with Crippen molar-refractivity contribution in [2.24, 2.45) is 0 Å². The molecular weight excluding hydrogens is 460 g/mol. The first-order chi connectivity index (χ1) is 14.8. The molecule has 4 aromatic rings. The molecule has 2 aromatic heterocycles. The molecule has 0 bridgehead atoms. The summed E-state index contributed by atoms with van der Waals surface area (Å²) in [5.74, 6) is -0.401. The lowest BCUT2D eigenvalue weighted by Crippen LogP contribution is -2.18. The zero-order valence-electron chi connectivity index (χ0n) is 16.0. The number of anilines is 2. The Morgan fingerprint density at radius 1 is 1.03 bits per heavy atom. The summed E-state index contributed by atoms with van der Waals surface area (Å²) in [4.78, 5) is 13.5. The number of nitrogens with one attached hydrogen (secondary N) is 2. The summed E-state index contributed by atoms with van der Waals surface area (Å²) in [5, 5.41) is 10.2. The number of benzene rings is 2. The normalized spacial score (nSPS) is 11.3. The van der Waals surface area contributed by atoms with E-state index in [1.54, 1.807) is 36.4 Å². The number of rotatable bonds is 6. The molecule has 0 atom stereocenters. The van der Waals surface area contributed by atoms with Crippen LogP contribution in [0.25, 0.3) is 10.8 Å². The van der Waals surface area contributed by atoms with Crippen LogP contribution < -0.4 is 10.0 Å². The average molecular weight is 475 g/mol. The number of sulfonamides is 1. The van der Waals surface area contributed by atoms with Crippen LogP contribution in [0.15, 0.2) is 70.0 Å². The number of aryl methyl sites for hydroxylation is 1. The van der Waals surface area contributed by atoms with Crippen molar-refractivity contribution in [1.29, 1.82) is 0 Å². The molecule has 0 saturated heterocycles. The van der Waals surface area contributed by atoms with Gasteiger partial charge in [-0.15, -0.1) is 16.4 Å². The topological polar surface area (TPSA) is 114 Å².